The third-order valence-electron chi connectivity index (χ3n) is 7.00. The monoisotopic (exact) mass is 582 g/mol. The molecule has 8 nitrogen and oxygen atoms in total. The Labute approximate surface area is 245 Å². The lowest BCUT2D eigenvalue weighted by Gasteiger charge is -2.22. The number of non-ortho nitro benzene ring substituents is 1. The van der Waals surface area contributed by atoms with Crippen LogP contribution in [0.3, 0.4) is 0 Å². The average Bonchev–Trinajstić information content (AvgIpc) is 3.33. The number of amides is 2. The van der Waals surface area contributed by atoms with Gasteiger partial charge in [-0.05, 0) is 73.6 Å². The predicted molar refractivity (Wildman–Crippen MR) is 162 cm³/mol. The standard InChI is InChI=1S/C31H26N4O4S2/c1-19(40-25-9-5-8-23(17-25)33-30(37)21-10-13-24(14-11-21)35(38)39)29(36)34-31-27(18-32)26-15-12-22(16-28(26)41-31)20-6-3-2-4-7-20/h2-11,13-14,17,19,22H,12,15-16H2,1H3,(H,33,37)(H,34,36). The summed E-state index contributed by atoms with van der Waals surface area (Å²) in [5.74, 6) is -0.196. The molecule has 206 valence electrons. The number of anilines is 2. The minimum Gasteiger partial charge on any atom is -0.322 e. The van der Waals surface area contributed by atoms with E-state index in [0.29, 0.717) is 27.7 Å². The molecule has 0 saturated heterocycles. The molecule has 41 heavy (non-hydrogen) atoms. The van der Waals surface area contributed by atoms with Crippen LogP contribution in [0.25, 0.3) is 0 Å². The lowest BCUT2D eigenvalue weighted by molar-refractivity contribution is -0.384. The quantitative estimate of drug-likeness (QED) is 0.129. The molecular weight excluding hydrogens is 556 g/mol. The summed E-state index contributed by atoms with van der Waals surface area (Å²) in [5, 5.41) is 26.7. The van der Waals surface area contributed by atoms with Crippen molar-refractivity contribution in [3.8, 4) is 6.07 Å². The van der Waals surface area contributed by atoms with Crippen molar-refractivity contribution in [3.05, 3.63) is 116 Å². The molecule has 2 atom stereocenters. The number of carbonyl (C=O) groups excluding carboxylic acids is 2. The first kappa shape index (κ1) is 28.1. The van der Waals surface area contributed by atoms with E-state index in [-0.39, 0.29) is 11.6 Å². The van der Waals surface area contributed by atoms with Crippen molar-refractivity contribution in [2.45, 2.75) is 42.2 Å². The van der Waals surface area contributed by atoms with Crippen molar-refractivity contribution in [1.29, 1.82) is 5.26 Å². The van der Waals surface area contributed by atoms with Gasteiger partial charge in [0, 0.05) is 33.2 Å². The Kier molecular flexibility index (Phi) is 8.47. The average molecular weight is 583 g/mol. The fourth-order valence-electron chi connectivity index (χ4n) is 4.86. The first-order valence-corrected chi connectivity index (χ1v) is 14.7. The van der Waals surface area contributed by atoms with Crippen molar-refractivity contribution in [2.75, 3.05) is 10.6 Å². The Morgan fingerprint density at radius 3 is 2.54 bits per heavy atom. The third kappa shape index (κ3) is 6.48. The van der Waals surface area contributed by atoms with E-state index >= 15 is 0 Å². The van der Waals surface area contributed by atoms with Gasteiger partial charge in [0.05, 0.1) is 15.7 Å². The summed E-state index contributed by atoms with van der Waals surface area (Å²) < 4.78 is 0. The van der Waals surface area contributed by atoms with Gasteiger partial charge in [0.1, 0.15) is 11.1 Å². The second kappa shape index (κ2) is 12.4. The molecular formula is C31H26N4O4S2. The van der Waals surface area contributed by atoms with E-state index in [1.54, 1.807) is 25.1 Å². The first-order valence-electron chi connectivity index (χ1n) is 13.1. The van der Waals surface area contributed by atoms with Crippen LogP contribution in [0.2, 0.25) is 0 Å². The maximum Gasteiger partial charge on any atom is 0.269 e. The number of thiophene rings is 1. The molecule has 3 aromatic carbocycles. The molecule has 1 aliphatic carbocycles. The zero-order chi connectivity index (χ0) is 28.9. The smallest absolute Gasteiger partial charge is 0.269 e. The van der Waals surface area contributed by atoms with Gasteiger partial charge in [-0.1, -0.05) is 36.4 Å². The van der Waals surface area contributed by atoms with Crippen LogP contribution in [0.4, 0.5) is 16.4 Å². The van der Waals surface area contributed by atoms with Gasteiger partial charge in [-0.25, -0.2) is 0 Å². The Hall–Kier alpha value is -4.46. The molecule has 1 aromatic heterocycles. The largest absolute Gasteiger partial charge is 0.322 e. The van der Waals surface area contributed by atoms with E-state index in [1.165, 1.54) is 52.9 Å². The first-order chi connectivity index (χ1) is 19.8. The van der Waals surface area contributed by atoms with Crippen molar-refractivity contribution in [1.82, 2.24) is 0 Å². The van der Waals surface area contributed by atoms with Gasteiger partial charge in [0.2, 0.25) is 5.91 Å². The molecule has 1 aliphatic rings. The van der Waals surface area contributed by atoms with E-state index in [1.807, 2.05) is 24.3 Å². The molecule has 10 heteroatoms. The SMILES string of the molecule is CC(Sc1cccc(NC(=O)c2ccc([N+](=O)[O-])cc2)c1)C(=O)Nc1sc2c(c1C#N)CCC(c1ccccc1)C2. The Morgan fingerprint density at radius 2 is 1.83 bits per heavy atom. The van der Waals surface area contributed by atoms with Crippen LogP contribution in [0.1, 0.15) is 51.2 Å². The van der Waals surface area contributed by atoms with Crippen LogP contribution >= 0.6 is 23.1 Å². The van der Waals surface area contributed by atoms with Crippen molar-refractivity contribution < 1.29 is 14.5 Å². The number of nitrogens with one attached hydrogen (secondary N) is 2. The summed E-state index contributed by atoms with van der Waals surface area (Å²) in [6.45, 7) is 1.80. The lowest BCUT2D eigenvalue weighted by atomic mass is 9.83. The number of fused-ring (bicyclic) bond motifs is 1. The molecule has 2 amide bonds. The number of rotatable bonds is 8. The molecule has 0 fully saturated rings. The Bertz CT molecular complexity index is 1650. The topological polar surface area (TPSA) is 125 Å². The van der Waals surface area contributed by atoms with Gasteiger partial charge in [-0.2, -0.15) is 5.26 Å². The third-order valence-corrected chi connectivity index (χ3v) is 9.26. The highest BCUT2D eigenvalue weighted by Gasteiger charge is 2.28. The van der Waals surface area contributed by atoms with E-state index in [0.717, 1.165) is 34.6 Å². The molecule has 2 N–H and O–H groups in total. The van der Waals surface area contributed by atoms with Gasteiger partial charge in [-0.15, -0.1) is 23.1 Å². The number of thioether (sulfide) groups is 1. The molecule has 4 aromatic rings. The highest BCUT2D eigenvalue weighted by molar-refractivity contribution is 8.00. The van der Waals surface area contributed by atoms with Gasteiger partial charge in [0.15, 0.2) is 0 Å². The maximum atomic E-state index is 13.2. The number of hydrogen-bond acceptors (Lipinski definition) is 7. The molecule has 0 spiro atoms. The van der Waals surface area contributed by atoms with Gasteiger partial charge in [-0.3, -0.25) is 19.7 Å². The summed E-state index contributed by atoms with van der Waals surface area (Å²) in [5.41, 5.74) is 3.66. The second-order valence-electron chi connectivity index (χ2n) is 9.71. The van der Waals surface area contributed by atoms with Gasteiger partial charge >= 0.3 is 0 Å². The maximum absolute atomic E-state index is 13.2. The molecule has 2 unspecified atom stereocenters. The van der Waals surface area contributed by atoms with E-state index in [4.69, 9.17) is 0 Å². The molecule has 0 saturated carbocycles. The molecule has 0 radical (unpaired) electrons. The fourth-order valence-corrected chi connectivity index (χ4v) is 7.07. The van der Waals surface area contributed by atoms with E-state index in [2.05, 4.69) is 28.8 Å². The van der Waals surface area contributed by atoms with Gasteiger partial charge < -0.3 is 10.6 Å². The fraction of sp³-hybridized carbons (Fsp3) is 0.194. The van der Waals surface area contributed by atoms with E-state index < -0.39 is 16.1 Å². The summed E-state index contributed by atoms with van der Waals surface area (Å²) in [4.78, 5) is 38.0. The van der Waals surface area contributed by atoms with E-state index in [9.17, 15) is 25.0 Å². The zero-order valence-corrected chi connectivity index (χ0v) is 23.8. The van der Waals surface area contributed by atoms with Gasteiger partial charge in [0.25, 0.3) is 11.6 Å². The lowest BCUT2D eigenvalue weighted by Crippen LogP contribution is -2.22. The van der Waals surface area contributed by atoms with Crippen LogP contribution in [-0.4, -0.2) is 22.0 Å². The number of nitriles is 1. The van der Waals surface area contributed by atoms with Crippen LogP contribution < -0.4 is 10.6 Å². The highest BCUT2D eigenvalue weighted by atomic mass is 32.2. The molecule has 0 aliphatic heterocycles. The predicted octanol–water partition coefficient (Wildman–Crippen LogP) is 7.17. The summed E-state index contributed by atoms with van der Waals surface area (Å²) in [6.07, 6.45) is 2.64. The number of hydrogen-bond donors (Lipinski definition) is 2. The van der Waals surface area contributed by atoms with Crippen LogP contribution in [0, 0.1) is 21.4 Å². The summed E-state index contributed by atoms with van der Waals surface area (Å²) in [7, 11) is 0. The Balaban J connectivity index is 1.22. The number of nitro groups is 1. The minimum atomic E-state index is -0.519. The van der Waals surface area contributed by atoms with Crippen LogP contribution in [0.5, 0.6) is 0 Å². The highest BCUT2D eigenvalue weighted by Crippen LogP contribution is 2.42. The number of nitrogens with zero attached hydrogens (tertiary/aromatic N) is 2. The molecule has 1 heterocycles. The Morgan fingerprint density at radius 1 is 1.07 bits per heavy atom. The second-order valence-corrected chi connectivity index (χ2v) is 12.2. The number of carbonyl (C=O) groups is 2. The zero-order valence-electron chi connectivity index (χ0n) is 22.1. The minimum absolute atomic E-state index is 0.0896. The van der Waals surface area contributed by atoms with Crippen LogP contribution in [0.15, 0.2) is 83.8 Å². The van der Waals surface area contributed by atoms with Crippen molar-refractivity contribution in [3.63, 3.8) is 0 Å². The van der Waals surface area contributed by atoms with Crippen molar-refractivity contribution in [2.24, 2.45) is 0 Å². The molecule has 5 rings (SSSR count). The van der Waals surface area contributed by atoms with Crippen LogP contribution in [-0.2, 0) is 17.6 Å². The molecule has 0 bridgehead atoms. The number of benzene rings is 3. The normalized spacial score (nSPS) is 14.8. The number of nitro benzene ring substituents is 1. The summed E-state index contributed by atoms with van der Waals surface area (Å²) in [6, 6.07) is 25.2. The summed E-state index contributed by atoms with van der Waals surface area (Å²) >= 11 is 2.84. The van der Waals surface area contributed by atoms with Crippen molar-refractivity contribution >= 4 is 51.3 Å².